The van der Waals surface area contributed by atoms with Gasteiger partial charge in [-0.05, 0) is 44.0 Å². The van der Waals surface area contributed by atoms with Crippen LogP contribution < -0.4 is 5.32 Å². The lowest BCUT2D eigenvalue weighted by atomic mass is 9.84. The molecule has 1 aromatic heterocycles. The number of amides is 1. The van der Waals surface area contributed by atoms with Gasteiger partial charge in [0.25, 0.3) is 5.91 Å². The lowest BCUT2D eigenvalue weighted by Gasteiger charge is -2.44. The topological polar surface area (TPSA) is 45.2 Å². The SMILES string of the molecule is O=C(NC1CN2CCC1CC2)c1cccc(F)n1. The number of aromatic nitrogens is 1. The fourth-order valence-electron chi connectivity index (χ4n) is 2.91. The molecule has 3 aliphatic heterocycles. The van der Waals surface area contributed by atoms with E-state index in [4.69, 9.17) is 0 Å². The Morgan fingerprint density at radius 3 is 2.78 bits per heavy atom. The highest BCUT2D eigenvalue weighted by atomic mass is 19.1. The van der Waals surface area contributed by atoms with Crippen LogP contribution >= 0.6 is 0 Å². The molecular formula is C13H16FN3O. The van der Waals surface area contributed by atoms with Crippen molar-refractivity contribution in [1.29, 1.82) is 0 Å². The Labute approximate surface area is 105 Å². The van der Waals surface area contributed by atoms with Crippen LogP contribution in [-0.4, -0.2) is 41.5 Å². The molecule has 1 aromatic rings. The molecule has 0 radical (unpaired) electrons. The molecule has 0 aromatic carbocycles. The molecule has 4 nitrogen and oxygen atoms in total. The molecule has 4 heterocycles. The van der Waals surface area contributed by atoms with Crippen LogP contribution in [0.3, 0.4) is 0 Å². The van der Waals surface area contributed by atoms with Gasteiger partial charge in [-0.1, -0.05) is 6.07 Å². The van der Waals surface area contributed by atoms with Crippen molar-refractivity contribution in [2.24, 2.45) is 5.92 Å². The molecule has 0 saturated carbocycles. The predicted molar refractivity (Wildman–Crippen MR) is 64.6 cm³/mol. The molecule has 0 aliphatic carbocycles. The summed E-state index contributed by atoms with van der Waals surface area (Å²) in [7, 11) is 0. The zero-order valence-corrected chi connectivity index (χ0v) is 10.1. The minimum absolute atomic E-state index is 0.159. The van der Waals surface area contributed by atoms with E-state index in [9.17, 15) is 9.18 Å². The van der Waals surface area contributed by atoms with Gasteiger partial charge in [0.05, 0.1) is 0 Å². The van der Waals surface area contributed by atoms with Crippen LogP contribution in [0.1, 0.15) is 23.3 Å². The second-order valence-electron chi connectivity index (χ2n) is 5.06. The number of nitrogens with zero attached hydrogens (tertiary/aromatic N) is 2. The molecular weight excluding hydrogens is 233 g/mol. The number of fused-ring (bicyclic) bond motifs is 3. The number of carbonyl (C=O) groups excluding carboxylic acids is 1. The van der Waals surface area contributed by atoms with Crippen molar-refractivity contribution in [2.75, 3.05) is 19.6 Å². The molecule has 18 heavy (non-hydrogen) atoms. The highest BCUT2D eigenvalue weighted by molar-refractivity contribution is 5.92. The van der Waals surface area contributed by atoms with Gasteiger partial charge in [-0.25, -0.2) is 4.98 Å². The number of pyridine rings is 1. The minimum Gasteiger partial charge on any atom is -0.346 e. The maximum Gasteiger partial charge on any atom is 0.270 e. The summed E-state index contributed by atoms with van der Waals surface area (Å²) in [5.74, 6) is -0.322. The maximum atomic E-state index is 13.0. The molecule has 2 bridgehead atoms. The summed E-state index contributed by atoms with van der Waals surface area (Å²) in [6.45, 7) is 3.18. The lowest BCUT2D eigenvalue weighted by Crippen LogP contribution is -2.57. The summed E-state index contributed by atoms with van der Waals surface area (Å²) < 4.78 is 13.0. The van der Waals surface area contributed by atoms with Crippen molar-refractivity contribution in [3.05, 3.63) is 29.8 Å². The lowest BCUT2D eigenvalue weighted by molar-refractivity contribution is 0.0617. The van der Waals surface area contributed by atoms with Crippen molar-refractivity contribution >= 4 is 5.91 Å². The third kappa shape index (κ3) is 2.22. The van der Waals surface area contributed by atoms with E-state index in [1.165, 1.54) is 12.1 Å². The maximum absolute atomic E-state index is 13.0. The molecule has 3 saturated heterocycles. The number of hydrogen-bond donors (Lipinski definition) is 1. The van der Waals surface area contributed by atoms with E-state index in [2.05, 4.69) is 15.2 Å². The highest BCUT2D eigenvalue weighted by Gasteiger charge is 2.35. The Bertz CT molecular complexity index is 457. The number of carbonyl (C=O) groups is 1. The zero-order valence-electron chi connectivity index (χ0n) is 10.1. The number of piperidine rings is 3. The molecule has 1 amide bonds. The molecule has 1 N–H and O–H groups in total. The second-order valence-corrected chi connectivity index (χ2v) is 5.06. The van der Waals surface area contributed by atoms with Crippen LogP contribution in [0.15, 0.2) is 18.2 Å². The Balaban J connectivity index is 1.68. The zero-order chi connectivity index (χ0) is 12.5. The average Bonchev–Trinajstić information content (AvgIpc) is 2.40. The second kappa shape index (κ2) is 4.65. The van der Waals surface area contributed by atoms with E-state index >= 15 is 0 Å². The molecule has 3 fully saturated rings. The highest BCUT2D eigenvalue weighted by Crippen LogP contribution is 2.27. The van der Waals surface area contributed by atoms with Gasteiger partial charge in [-0.2, -0.15) is 4.39 Å². The molecule has 1 unspecified atom stereocenters. The predicted octanol–water partition coefficient (Wildman–Crippen LogP) is 1.04. The van der Waals surface area contributed by atoms with E-state index in [-0.39, 0.29) is 17.6 Å². The molecule has 4 rings (SSSR count). The average molecular weight is 249 g/mol. The van der Waals surface area contributed by atoms with Crippen LogP contribution in [0.4, 0.5) is 4.39 Å². The third-order valence-electron chi connectivity index (χ3n) is 3.92. The van der Waals surface area contributed by atoms with Crippen molar-refractivity contribution in [3.8, 4) is 0 Å². The standard InChI is InChI=1S/C13H16FN3O/c14-12-3-1-2-10(15-12)13(18)16-11-8-17-6-4-9(11)5-7-17/h1-3,9,11H,4-8H2,(H,16,18). The van der Waals surface area contributed by atoms with E-state index in [1.807, 2.05) is 0 Å². The summed E-state index contributed by atoms with van der Waals surface area (Å²) in [5, 5.41) is 2.98. The van der Waals surface area contributed by atoms with E-state index < -0.39 is 5.95 Å². The first-order chi connectivity index (χ1) is 8.72. The van der Waals surface area contributed by atoms with Gasteiger partial charge in [0.2, 0.25) is 5.95 Å². The fourth-order valence-corrected chi connectivity index (χ4v) is 2.91. The first kappa shape index (κ1) is 11.6. The smallest absolute Gasteiger partial charge is 0.270 e. The Morgan fingerprint density at radius 2 is 2.17 bits per heavy atom. The molecule has 3 aliphatic rings. The summed E-state index contributed by atoms with van der Waals surface area (Å²) in [4.78, 5) is 18.0. The van der Waals surface area contributed by atoms with Gasteiger partial charge in [-0.3, -0.25) is 4.79 Å². The van der Waals surface area contributed by atoms with Crippen LogP contribution in [0, 0.1) is 11.9 Å². The van der Waals surface area contributed by atoms with E-state index in [0.717, 1.165) is 32.5 Å². The molecule has 96 valence electrons. The number of nitrogens with one attached hydrogen (secondary N) is 1. The fraction of sp³-hybridized carbons (Fsp3) is 0.538. The van der Waals surface area contributed by atoms with Crippen molar-refractivity contribution < 1.29 is 9.18 Å². The molecule has 5 heteroatoms. The number of halogens is 1. The van der Waals surface area contributed by atoms with Crippen molar-refractivity contribution in [2.45, 2.75) is 18.9 Å². The number of rotatable bonds is 2. The van der Waals surface area contributed by atoms with Gasteiger partial charge >= 0.3 is 0 Å². The summed E-state index contributed by atoms with van der Waals surface area (Å²) in [6, 6.07) is 4.48. The van der Waals surface area contributed by atoms with Crippen LogP contribution in [0.2, 0.25) is 0 Å². The Hall–Kier alpha value is -1.49. The van der Waals surface area contributed by atoms with E-state index in [0.29, 0.717) is 5.92 Å². The van der Waals surface area contributed by atoms with E-state index in [1.54, 1.807) is 6.07 Å². The van der Waals surface area contributed by atoms with Crippen molar-refractivity contribution in [3.63, 3.8) is 0 Å². The summed E-state index contributed by atoms with van der Waals surface area (Å²) >= 11 is 0. The largest absolute Gasteiger partial charge is 0.346 e. The van der Waals surface area contributed by atoms with Crippen LogP contribution in [0.5, 0.6) is 0 Å². The monoisotopic (exact) mass is 249 g/mol. The van der Waals surface area contributed by atoms with Crippen LogP contribution in [0.25, 0.3) is 0 Å². The van der Waals surface area contributed by atoms with Gasteiger partial charge in [0.15, 0.2) is 0 Å². The quantitative estimate of drug-likeness (QED) is 0.797. The molecule has 0 spiro atoms. The van der Waals surface area contributed by atoms with Crippen molar-refractivity contribution in [1.82, 2.24) is 15.2 Å². The summed E-state index contributed by atoms with van der Waals surface area (Å²) in [5.41, 5.74) is 0.159. The Morgan fingerprint density at radius 1 is 1.39 bits per heavy atom. The van der Waals surface area contributed by atoms with Crippen LogP contribution in [-0.2, 0) is 0 Å². The van der Waals surface area contributed by atoms with Gasteiger partial charge < -0.3 is 10.2 Å². The van der Waals surface area contributed by atoms with Gasteiger partial charge in [0.1, 0.15) is 5.69 Å². The van der Waals surface area contributed by atoms with Gasteiger partial charge in [-0.15, -0.1) is 0 Å². The Kier molecular flexibility index (Phi) is 2.99. The number of hydrogen-bond acceptors (Lipinski definition) is 3. The first-order valence-corrected chi connectivity index (χ1v) is 6.38. The minimum atomic E-state index is -0.614. The summed E-state index contributed by atoms with van der Waals surface area (Å²) in [6.07, 6.45) is 2.28. The normalized spacial score (nSPS) is 30.2. The third-order valence-corrected chi connectivity index (χ3v) is 3.92. The molecule has 1 atom stereocenters. The van der Waals surface area contributed by atoms with Gasteiger partial charge in [0, 0.05) is 12.6 Å². The first-order valence-electron chi connectivity index (χ1n) is 6.38.